The predicted octanol–water partition coefficient (Wildman–Crippen LogP) is 3.24. The van der Waals surface area contributed by atoms with Crippen LogP contribution in [0.2, 0.25) is 0 Å². The highest BCUT2D eigenvalue weighted by molar-refractivity contribution is 5.93. The van der Waals surface area contributed by atoms with Gasteiger partial charge in [-0.15, -0.1) is 0 Å². The van der Waals surface area contributed by atoms with Gasteiger partial charge < -0.3 is 19.3 Å². The molecule has 0 saturated carbocycles. The number of pyridine rings is 4. The second-order valence-corrected chi connectivity index (χ2v) is 13.2. The minimum absolute atomic E-state index is 0.0363. The minimum atomic E-state index is -0.562. The molecule has 0 atom stereocenters. The molecule has 18 heteroatoms. The molecule has 18 nitrogen and oxygen atoms in total. The summed E-state index contributed by atoms with van der Waals surface area (Å²) in [6, 6.07) is 14.8. The van der Waals surface area contributed by atoms with Crippen molar-refractivity contribution < 1.29 is 19.1 Å². The fraction of sp³-hybridized carbons (Fsp3) is 0.316. The maximum Gasteiger partial charge on any atom is 0.356 e. The quantitative estimate of drug-likeness (QED) is 0.232. The normalized spacial score (nSPS) is 14.8. The number of carbonyl (C=O) groups is 2. The summed E-state index contributed by atoms with van der Waals surface area (Å²) in [4.78, 5) is 74.9. The van der Waals surface area contributed by atoms with Crippen molar-refractivity contribution in [3.8, 4) is 12.1 Å². The Balaban J connectivity index is 0.000000172. The third kappa shape index (κ3) is 7.15. The zero-order chi connectivity index (χ0) is 39.3. The molecule has 0 unspecified atom stereocenters. The molecule has 0 radical (unpaired) electrons. The fourth-order valence-electron chi connectivity index (χ4n) is 7.35. The number of ether oxygens (including phenoxy) is 2. The van der Waals surface area contributed by atoms with Gasteiger partial charge in [-0.25, -0.2) is 39.1 Å². The average Bonchev–Trinajstić information content (AvgIpc) is 3.77. The lowest BCUT2D eigenvalue weighted by atomic mass is 10.0. The molecule has 0 amide bonds. The fourth-order valence-corrected chi connectivity index (χ4v) is 7.35. The molecule has 6 aromatic rings. The molecule has 2 saturated heterocycles. The van der Waals surface area contributed by atoms with Crippen LogP contribution < -0.4 is 21.2 Å². The SMILES string of the molecule is COC(=O)c1cc(N2CCC(n3c(=O)[nH]c4ncccc43)CC2)c(C#N)cn1.COC(=O)c1cc(N2CCC(n3c(=O)[nH]c4ncccc43)CC2)ncc1C#N. The number of nitrogens with one attached hydrogen (secondary N) is 2. The Labute approximate surface area is 318 Å². The lowest BCUT2D eigenvalue weighted by molar-refractivity contribution is 0.0588. The summed E-state index contributed by atoms with van der Waals surface area (Å²) in [6.45, 7) is 2.62. The summed E-state index contributed by atoms with van der Waals surface area (Å²) in [5.41, 5.74) is 4.06. The molecule has 284 valence electrons. The zero-order valence-electron chi connectivity index (χ0n) is 30.5. The van der Waals surface area contributed by atoms with Gasteiger partial charge in [-0.1, -0.05) is 0 Å². The van der Waals surface area contributed by atoms with E-state index >= 15 is 0 Å². The van der Waals surface area contributed by atoms with E-state index in [-0.39, 0.29) is 40.3 Å². The Kier molecular flexibility index (Phi) is 10.5. The van der Waals surface area contributed by atoms with Crippen molar-refractivity contribution in [1.29, 1.82) is 10.5 Å². The van der Waals surface area contributed by atoms with Crippen LogP contribution in [0.15, 0.2) is 70.8 Å². The Bertz CT molecular complexity index is 2630. The van der Waals surface area contributed by atoms with Crippen LogP contribution in [0.25, 0.3) is 22.3 Å². The summed E-state index contributed by atoms with van der Waals surface area (Å²) in [7, 11) is 2.57. The third-order valence-electron chi connectivity index (χ3n) is 10.1. The topological polar surface area (TPSA) is 234 Å². The number of rotatable bonds is 6. The molecule has 2 aliphatic heterocycles. The zero-order valence-corrected chi connectivity index (χ0v) is 30.5. The van der Waals surface area contributed by atoms with Gasteiger partial charge in [0.1, 0.15) is 23.7 Å². The third-order valence-corrected chi connectivity index (χ3v) is 10.1. The van der Waals surface area contributed by atoms with Crippen molar-refractivity contribution >= 4 is 45.8 Å². The summed E-state index contributed by atoms with van der Waals surface area (Å²) in [5, 5.41) is 18.6. The van der Waals surface area contributed by atoms with Crippen molar-refractivity contribution in [2.45, 2.75) is 37.8 Å². The van der Waals surface area contributed by atoms with E-state index in [0.717, 1.165) is 36.7 Å². The molecule has 2 fully saturated rings. The van der Waals surface area contributed by atoms with Crippen LogP contribution in [-0.4, -0.2) is 91.4 Å². The number of nitrogens with zero attached hydrogens (tertiary/aromatic N) is 10. The standard InChI is InChI=1S/2C19H18N6O3/c1-28-18(26)14-9-16(12(10-20)11-22-14)24-7-4-13(5-8-24)25-15-3-2-6-21-17(15)23-19(25)27;1-28-18(26)14-9-16(22-11-12(14)10-20)24-7-4-13(5-8-24)25-15-3-2-6-21-17(15)23-19(25)27/h2*2-3,6,9,11,13H,4-5,7-8H2,1H3,(H,21,23,27). The number of piperidine rings is 2. The predicted molar refractivity (Wildman–Crippen MR) is 202 cm³/mol. The largest absolute Gasteiger partial charge is 0.465 e. The van der Waals surface area contributed by atoms with Crippen LogP contribution in [0, 0.1) is 22.7 Å². The molecule has 0 spiro atoms. The van der Waals surface area contributed by atoms with Gasteiger partial charge in [0.25, 0.3) is 0 Å². The van der Waals surface area contributed by atoms with E-state index < -0.39 is 11.9 Å². The maximum absolute atomic E-state index is 12.4. The van der Waals surface area contributed by atoms with Crippen LogP contribution in [0.3, 0.4) is 0 Å². The molecule has 2 aliphatic rings. The van der Waals surface area contributed by atoms with Crippen LogP contribution in [0.1, 0.15) is 69.7 Å². The highest BCUT2D eigenvalue weighted by Gasteiger charge is 2.27. The van der Waals surface area contributed by atoms with E-state index in [1.54, 1.807) is 33.7 Å². The van der Waals surface area contributed by atoms with E-state index in [2.05, 4.69) is 36.0 Å². The number of carbonyl (C=O) groups excluding carboxylic acids is 2. The molecule has 0 aliphatic carbocycles. The first kappa shape index (κ1) is 37.0. The van der Waals surface area contributed by atoms with Crippen LogP contribution in [-0.2, 0) is 9.47 Å². The van der Waals surface area contributed by atoms with Gasteiger partial charge >= 0.3 is 23.3 Å². The number of aromatic amines is 2. The lowest BCUT2D eigenvalue weighted by Crippen LogP contribution is -2.37. The molecule has 0 bridgehead atoms. The number of imidazole rings is 2. The van der Waals surface area contributed by atoms with E-state index in [0.29, 0.717) is 54.5 Å². The van der Waals surface area contributed by atoms with Gasteiger partial charge in [0.2, 0.25) is 0 Å². The van der Waals surface area contributed by atoms with Gasteiger partial charge in [0.15, 0.2) is 11.3 Å². The molecule has 8 heterocycles. The average molecular weight is 757 g/mol. The van der Waals surface area contributed by atoms with Gasteiger partial charge in [-0.05, 0) is 62.1 Å². The minimum Gasteiger partial charge on any atom is -0.465 e. The number of nitriles is 2. The molecular formula is C38H36N12O6. The summed E-state index contributed by atoms with van der Waals surface area (Å²) in [5.74, 6) is -0.489. The molecule has 8 rings (SSSR count). The number of fused-ring (bicyclic) bond motifs is 2. The first-order valence-corrected chi connectivity index (χ1v) is 17.8. The number of aromatic nitrogens is 8. The Morgan fingerprint density at radius 2 is 1.23 bits per heavy atom. The summed E-state index contributed by atoms with van der Waals surface area (Å²) in [6.07, 6.45) is 9.03. The Hall–Kier alpha value is -7.34. The van der Waals surface area contributed by atoms with E-state index in [9.17, 15) is 24.4 Å². The second-order valence-electron chi connectivity index (χ2n) is 13.2. The van der Waals surface area contributed by atoms with Gasteiger partial charge in [-0.3, -0.25) is 19.1 Å². The van der Waals surface area contributed by atoms with Crippen LogP contribution in [0.5, 0.6) is 0 Å². The van der Waals surface area contributed by atoms with Crippen LogP contribution >= 0.6 is 0 Å². The van der Waals surface area contributed by atoms with Gasteiger partial charge in [0.05, 0.1) is 47.6 Å². The van der Waals surface area contributed by atoms with Crippen LogP contribution in [0.4, 0.5) is 11.5 Å². The number of hydrogen-bond acceptors (Lipinski definition) is 14. The van der Waals surface area contributed by atoms with Crippen molar-refractivity contribution in [2.75, 3.05) is 50.2 Å². The molecule has 6 aromatic heterocycles. The summed E-state index contributed by atoms with van der Waals surface area (Å²) >= 11 is 0. The number of methoxy groups -OCH3 is 2. The molecule has 2 N–H and O–H groups in total. The molecule has 56 heavy (non-hydrogen) atoms. The first-order valence-electron chi connectivity index (χ1n) is 17.8. The maximum atomic E-state index is 12.4. The van der Waals surface area contributed by atoms with Crippen molar-refractivity contribution in [1.82, 2.24) is 39.0 Å². The van der Waals surface area contributed by atoms with E-state index in [1.807, 2.05) is 40.1 Å². The van der Waals surface area contributed by atoms with Gasteiger partial charge in [0, 0.05) is 63.1 Å². The lowest BCUT2D eigenvalue weighted by Gasteiger charge is -2.34. The smallest absolute Gasteiger partial charge is 0.356 e. The Morgan fingerprint density at radius 1 is 0.714 bits per heavy atom. The Morgan fingerprint density at radius 3 is 1.75 bits per heavy atom. The number of anilines is 2. The summed E-state index contributed by atoms with van der Waals surface area (Å²) < 4.78 is 13.0. The number of hydrogen-bond donors (Lipinski definition) is 2. The van der Waals surface area contributed by atoms with Gasteiger partial charge in [-0.2, -0.15) is 10.5 Å². The van der Waals surface area contributed by atoms with E-state index in [4.69, 9.17) is 14.7 Å². The molecule has 0 aromatic carbocycles. The van der Waals surface area contributed by atoms with Crippen molar-refractivity contribution in [2.24, 2.45) is 0 Å². The molecular weight excluding hydrogens is 720 g/mol. The highest BCUT2D eigenvalue weighted by atomic mass is 16.5. The monoisotopic (exact) mass is 756 g/mol. The highest BCUT2D eigenvalue weighted by Crippen LogP contribution is 2.30. The number of esters is 2. The first-order chi connectivity index (χ1) is 27.2. The van der Waals surface area contributed by atoms with E-state index in [1.165, 1.54) is 26.6 Å². The van der Waals surface area contributed by atoms with Crippen molar-refractivity contribution in [3.63, 3.8) is 0 Å². The second kappa shape index (κ2) is 15.9. The number of H-pyrrole nitrogens is 2. The van der Waals surface area contributed by atoms with Crippen molar-refractivity contribution in [3.05, 3.63) is 105 Å².